The van der Waals surface area contributed by atoms with E-state index in [4.69, 9.17) is 0 Å². The van der Waals surface area contributed by atoms with Gasteiger partial charge >= 0.3 is 0 Å². The van der Waals surface area contributed by atoms with Gasteiger partial charge in [0, 0.05) is 35.1 Å². The van der Waals surface area contributed by atoms with Gasteiger partial charge in [0.05, 0.1) is 21.6 Å². The standard InChI is InChI=1S/C21H19N5O5/c1-13-6-8-16(12-19(13)25(28)29)24-21(27)15-7-9-18(20(11-15)26(30)31)23-14(2)17-5-3-4-10-22-17/h3-12,14,23H,1-2H3,(H,24,27). The molecule has 2 aromatic carbocycles. The lowest BCUT2D eigenvalue weighted by atomic mass is 10.1. The number of hydrogen-bond acceptors (Lipinski definition) is 7. The number of carbonyl (C=O) groups is 1. The fourth-order valence-corrected chi connectivity index (χ4v) is 2.97. The Morgan fingerprint density at radius 1 is 1.00 bits per heavy atom. The van der Waals surface area contributed by atoms with Crippen LogP contribution in [0.2, 0.25) is 0 Å². The molecule has 0 aliphatic rings. The molecule has 0 fully saturated rings. The number of nitro benzene ring substituents is 2. The molecule has 0 saturated carbocycles. The maximum atomic E-state index is 12.6. The van der Waals surface area contributed by atoms with Crippen molar-refractivity contribution in [1.29, 1.82) is 0 Å². The summed E-state index contributed by atoms with van der Waals surface area (Å²) in [6, 6.07) is 13.4. The van der Waals surface area contributed by atoms with Crippen LogP contribution in [0.25, 0.3) is 0 Å². The molecule has 0 spiro atoms. The van der Waals surface area contributed by atoms with Gasteiger partial charge < -0.3 is 10.6 Å². The van der Waals surface area contributed by atoms with Gasteiger partial charge in [0.15, 0.2) is 0 Å². The first-order valence-corrected chi connectivity index (χ1v) is 9.28. The van der Waals surface area contributed by atoms with Crippen LogP contribution in [-0.2, 0) is 0 Å². The summed E-state index contributed by atoms with van der Waals surface area (Å²) in [7, 11) is 0. The number of nitrogens with zero attached hydrogens (tertiary/aromatic N) is 3. The molecule has 0 saturated heterocycles. The van der Waals surface area contributed by atoms with Gasteiger partial charge in [0.1, 0.15) is 5.69 Å². The highest BCUT2D eigenvalue weighted by Gasteiger charge is 2.20. The molecule has 1 heterocycles. The first-order chi connectivity index (χ1) is 14.8. The zero-order valence-electron chi connectivity index (χ0n) is 16.7. The van der Waals surface area contributed by atoms with E-state index < -0.39 is 15.8 Å². The molecular formula is C21H19N5O5. The molecule has 1 atom stereocenters. The van der Waals surface area contributed by atoms with E-state index in [-0.39, 0.29) is 34.4 Å². The van der Waals surface area contributed by atoms with Crippen molar-refractivity contribution in [2.75, 3.05) is 10.6 Å². The van der Waals surface area contributed by atoms with E-state index in [2.05, 4.69) is 15.6 Å². The zero-order valence-corrected chi connectivity index (χ0v) is 16.7. The minimum Gasteiger partial charge on any atom is -0.371 e. The van der Waals surface area contributed by atoms with Gasteiger partial charge in [-0.2, -0.15) is 0 Å². The molecule has 1 aromatic heterocycles. The summed E-state index contributed by atoms with van der Waals surface area (Å²) in [5, 5.41) is 28.2. The van der Waals surface area contributed by atoms with Crippen LogP contribution < -0.4 is 10.6 Å². The van der Waals surface area contributed by atoms with E-state index in [1.165, 1.54) is 30.3 Å². The Morgan fingerprint density at radius 2 is 1.74 bits per heavy atom. The normalized spacial score (nSPS) is 11.4. The van der Waals surface area contributed by atoms with Crippen LogP contribution in [-0.4, -0.2) is 20.7 Å². The van der Waals surface area contributed by atoms with Crippen molar-refractivity contribution in [2.45, 2.75) is 19.9 Å². The molecule has 158 valence electrons. The fourth-order valence-electron chi connectivity index (χ4n) is 2.97. The molecule has 0 aliphatic heterocycles. The van der Waals surface area contributed by atoms with Gasteiger partial charge in [-0.15, -0.1) is 0 Å². The second kappa shape index (κ2) is 8.99. The smallest absolute Gasteiger partial charge is 0.293 e. The lowest BCUT2D eigenvalue weighted by Gasteiger charge is -2.15. The number of hydrogen-bond donors (Lipinski definition) is 2. The number of nitrogens with one attached hydrogen (secondary N) is 2. The SMILES string of the molecule is Cc1ccc(NC(=O)c2ccc(NC(C)c3ccccn3)c([N+](=O)[O-])c2)cc1[N+](=O)[O-]. The first-order valence-electron chi connectivity index (χ1n) is 9.28. The maximum absolute atomic E-state index is 12.6. The lowest BCUT2D eigenvalue weighted by molar-refractivity contribution is -0.385. The van der Waals surface area contributed by atoms with E-state index in [0.717, 1.165) is 6.07 Å². The predicted octanol–water partition coefficient (Wildman–Crippen LogP) is 4.63. The Labute approximate surface area is 177 Å². The van der Waals surface area contributed by atoms with Crippen LogP contribution >= 0.6 is 0 Å². The van der Waals surface area contributed by atoms with Crippen LogP contribution in [0, 0.1) is 27.2 Å². The Bertz CT molecular complexity index is 1150. The summed E-state index contributed by atoms with van der Waals surface area (Å²) >= 11 is 0. The molecule has 31 heavy (non-hydrogen) atoms. The fraction of sp³-hybridized carbons (Fsp3) is 0.143. The summed E-state index contributed by atoms with van der Waals surface area (Å²) in [4.78, 5) is 38.3. The summed E-state index contributed by atoms with van der Waals surface area (Å²) < 4.78 is 0. The van der Waals surface area contributed by atoms with Crippen molar-refractivity contribution >= 4 is 28.7 Å². The maximum Gasteiger partial charge on any atom is 0.293 e. The predicted molar refractivity (Wildman–Crippen MR) is 115 cm³/mol. The average Bonchev–Trinajstić information content (AvgIpc) is 2.75. The van der Waals surface area contributed by atoms with E-state index in [9.17, 15) is 25.0 Å². The Morgan fingerprint density at radius 3 is 2.39 bits per heavy atom. The van der Waals surface area contributed by atoms with Crippen molar-refractivity contribution in [2.24, 2.45) is 0 Å². The lowest BCUT2D eigenvalue weighted by Crippen LogP contribution is -2.14. The molecule has 0 aliphatic carbocycles. The monoisotopic (exact) mass is 421 g/mol. The van der Waals surface area contributed by atoms with Gasteiger partial charge in [-0.1, -0.05) is 12.1 Å². The molecule has 1 unspecified atom stereocenters. The molecule has 3 rings (SSSR count). The zero-order chi connectivity index (χ0) is 22.5. The number of nitro groups is 2. The Hall–Kier alpha value is -4.34. The third-order valence-electron chi connectivity index (χ3n) is 4.62. The number of benzene rings is 2. The molecule has 1 amide bonds. The summed E-state index contributed by atoms with van der Waals surface area (Å²) in [6.07, 6.45) is 1.63. The van der Waals surface area contributed by atoms with E-state index in [0.29, 0.717) is 11.3 Å². The van der Waals surface area contributed by atoms with Crippen molar-refractivity contribution in [3.8, 4) is 0 Å². The average molecular weight is 421 g/mol. The van der Waals surface area contributed by atoms with Crippen LogP contribution in [0.1, 0.15) is 34.6 Å². The minimum atomic E-state index is -0.620. The van der Waals surface area contributed by atoms with Crippen molar-refractivity contribution in [1.82, 2.24) is 4.98 Å². The Balaban J connectivity index is 1.83. The molecule has 10 heteroatoms. The van der Waals surface area contributed by atoms with Crippen molar-refractivity contribution in [3.63, 3.8) is 0 Å². The number of amides is 1. The summed E-state index contributed by atoms with van der Waals surface area (Å²) in [5.74, 6) is -0.620. The second-order valence-electron chi connectivity index (χ2n) is 6.82. The molecule has 0 bridgehead atoms. The number of aryl methyl sites for hydroxylation is 1. The third-order valence-corrected chi connectivity index (χ3v) is 4.62. The topological polar surface area (TPSA) is 140 Å². The van der Waals surface area contributed by atoms with Gasteiger partial charge in [0.25, 0.3) is 17.3 Å². The van der Waals surface area contributed by atoms with Crippen molar-refractivity contribution < 1.29 is 14.6 Å². The quantitative estimate of drug-likeness (QED) is 0.418. The van der Waals surface area contributed by atoms with Gasteiger partial charge in [-0.3, -0.25) is 30.0 Å². The van der Waals surface area contributed by atoms with Gasteiger partial charge in [0.2, 0.25) is 0 Å². The molecule has 3 aromatic rings. The van der Waals surface area contributed by atoms with E-state index >= 15 is 0 Å². The number of carbonyl (C=O) groups excluding carboxylic acids is 1. The van der Waals surface area contributed by atoms with Crippen LogP contribution in [0.3, 0.4) is 0 Å². The number of aromatic nitrogens is 1. The number of pyridine rings is 1. The molecule has 0 radical (unpaired) electrons. The number of rotatable bonds is 7. The highest BCUT2D eigenvalue weighted by molar-refractivity contribution is 6.05. The molecular weight excluding hydrogens is 402 g/mol. The first kappa shape index (κ1) is 21.4. The van der Waals surface area contributed by atoms with E-state index in [1.807, 2.05) is 13.0 Å². The van der Waals surface area contributed by atoms with Gasteiger partial charge in [-0.05, 0) is 44.2 Å². The van der Waals surface area contributed by atoms with E-state index in [1.54, 1.807) is 25.3 Å². The van der Waals surface area contributed by atoms with Crippen LogP contribution in [0.5, 0.6) is 0 Å². The summed E-state index contributed by atoms with van der Waals surface area (Å²) in [6.45, 7) is 3.40. The van der Waals surface area contributed by atoms with Crippen molar-refractivity contribution in [3.05, 3.63) is 97.8 Å². The van der Waals surface area contributed by atoms with Gasteiger partial charge in [-0.25, -0.2) is 0 Å². The highest BCUT2D eigenvalue weighted by atomic mass is 16.6. The van der Waals surface area contributed by atoms with Crippen LogP contribution in [0.4, 0.5) is 22.7 Å². The van der Waals surface area contributed by atoms with Crippen LogP contribution in [0.15, 0.2) is 60.8 Å². The largest absolute Gasteiger partial charge is 0.371 e. The third kappa shape index (κ3) is 4.99. The highest BCUT2D eigenvalue weighted by Crippen LogP contribution is 2.29. The second-order valence-corrected chi connectivity index (χ2v) is 6.82. The molecule has 2 N–H and O–H groups in total. The summed E-state index contributed by atoms with van der Waals surface area (Å²) in [5.41, 5.74) is 1.26. The minimum absolute atomic E-state index is 0.0472. The Kier molecular flexibility index (Phi) is 6.20. The molecule has 10 nitrogen and oxygen atoms in total. The number of anilines is 2.